The van der Waals surface area contributed by atoms with Gasteiger partial charge >= 0.3 is 5.97 Å². The van der Waals surface area contributed by atoms with Crippen LogP contribution in [0.2, 0.25) is 0 Å². The first-order chi connectivity index (χ1) is 8.22. The van der Waals surface area contributed by atoms with E-state index in [9.17, 15) is 4.79 Å². The smallest absolute Gasteiger partial charge is 0.323 e. The molecule has 6 heteroatoms. The van der Waals surface area contributed by atoms with E-state index in [1.807, 2.05) is 12.1 Å². The van der Waals surface area contributed by atoms with Gasteiger partial charge in [0.1, 0.15) is 17.1 Å². The van der Waals surface area contributed by atoms with E-state index in [1.165, 1.54) is 0 Å². The Balaban J connectivity index is 2.18. The van der Waals surface area contributed by atoms with Crippen molar-refractivity contribution in [2.75, 3.05) is 6.61 Å². The standard InChI is InChI=1S/C11H13N3O3/c1-2-16-11(15)8(12)6-7-4-3-5-9-10(7)14-17-13-9/h3-5,8H,2,6,12H2,1H3. The van der Waals surface area contributed by atoms with Crippen LogP contribution >= 0.6 is 0 Å². The van der Waals surface area contributed by atoms with E-state index in [4.69, 9.17) is 10.5 Å². The maximum absolute atomic E-state index is 11.4. The SMILES string of the molecule is CCOC(=O)C(N)Cc1cccc2nonc12. The Morgan fingerprint density at radius 3 is 3.12 bits per heavy atom. The first-order valence-electron chi connectivity index (χ1n) is 5.34. The molecular weight excluding hydrogens is 222 g/mol. The highest BCUT2D eigenvalue weighted by molar-refractivity contribution is 5.80. The number of nitrogens with zero attached hydrogens (tertiary/aromatic N) is 2. The quantitative estimate of drug-likeness (QED) is 0.782. The van der Waals surface area contributed by atoms with Gasteiger partial charge in [0.15, 0.2) is 0 Å². The van der Waals surface area contributed by atoms with Crippen LogP contribution in [-0.2, 0) is 16.0 Å². The fourth-order valence-electron chi connectivity index (χ4n) is 1.60. The van der Waals surface area contributed by atoms with Gasteiger partial charge in [-0.3, -0.25) is 4.79 Å². The number of rotatable bonds is 4. The normalized spacial score (nSPS) is 12.6. The van der Waals surface area contributed by atoms with Gasteiger partial charge in [0.05, 0.1) is 6.61 Å². The molecule has 0 saturated heterocycles. The minimum Gasteiger partial charge on any atom is -0.465 e. The van der Waals surface area contributed by atoms with Crippen LogP contribution < -0.4 is 5.73 Å². The first-order valence-corrected chi connectivity index (χ1v) is 5.34. The van der Waals surface area contributed by atoms with Gasteiger partial charge in [-0.1, -0.05) is 12.1 Å². The van der Waals surface area contributed by atoms with Crippen molar-refractivity contribution in [1.29, 1.82) is 0 Å². The number of ether oxygens (including phenoxy) is 1. The lowest BCUT2D eigenvalue weighted by Crippen LogP contribution is -2.34. The van der Waals surface area contributed by atoms with Gasteiger partial charge in [-0.25, -0.2) is 4.63 Å². The summed E-state index contributed by atoms with van der Waals surface area (Å²) in [6, 6.07) is 4.74. The third kappa shape index (κ3) is 2.42. The van der Waals surface area contributed by atoms with E-state index in [-0.39, 0.29) is 0 Å². The van der Waals surface area contributed by atoms with Crippen molar-refractivity contribution in [3.8, 4) is 0 Å². The van der Waals surface area contributed by atoms with Crippen molar-refractivity contribution in [2.45, 2.75) is 19.4 Å². The molecule has 0 spiro atoms. The second-order valence-corrected chi connectivity index (χ2v) is 3.61. The van der Waals surface area contributed by atoms with Gasteiger partial charge in [0.2, 0.25) is 0 Å². The number of fused-ring (bicyclic) bond motifs is 1. The lowest BCUT2D eigenvalue weighted by atomic mass is 10.1. The Hall–Kier alpha value is -1.95. The van der Waals surface area contributed by atoms with Crippen molar-refractivity contribution in [3.05, 3.63) is 23.8 Å². The molecule has 0 aliphatic rings. The zero-order valence-corrected chi connectivity index (χ0v) is 9.42. The monoisotopic (exact) mass is 235 g/mol. The third-order valence-corrected chi connectivity index (χ3v) is 2.40. The van der Waals surface area contributed by atoms with Crippen molar-refractivity contribution in [3.63, 3.8) is 0 Å². The average molecular weight is 235 g/mol. The summed E-state index contributed by atoms with van der Waals surface area (Å²) in [4.78, 5) is 11.4. The molecule has 0 fully saturated rings. The molecule has 90 valence electrons. The van der Waals surface area contributed by atoms with Crippen LogP contribution in [0, 0.1) is 0 Å². The summed E-state index contributed by atoms with van der Waals surface area (Å²) in [5, 5.41) is 7.51. The zero-order chi connectivity index (χ0) is 12.3. The predicted octanol–water partition coefficient (Wildman–Crippen LogP) is 0.656. The summed E-state index contributed by atoms with van der Waals surface area (Å²) in [6.45, 7) is 2.06. The molecule has 1 aromatic heterocycles. The number of hydrogen-bond acceptors (Lipinski definition) is 6. The van der Waals surface area contributed by atoms with Gasteiger partial charge in [0.25, 0.3) is 0 Å². The lowest BCUT2D eigenvalue weighted by Gasteiger charge is -2.10. The van der Waals surface area contributed by atoms with Gasteiger partial charge in [-0.2, -0.15) is 0 Å². The van der Waals surface area contributed by atoms with Crippen molar-refractivity contribution in [2.24, 2.45) is 5.73 Å². The summed E-state index contributed by atoms with van der Waals surface area (Å²) in [5.41, 5.74) is 7.85. The van der Waals surface area contributed by atoms with Crippen molar-refractivity contribution in [1.82, 2.24) is 10.3 Å². The van der Waals surface area contributed by atoms with E-state index in [0.717, 1.165) is 5.56 Å². The maximum Gasteiger partial charge on any atom is 0.323 e. The molecule has 6 nitrogen and oxygen atoms in total. The van der Waals surface area contributed by atoms with Crippen LogP contribution in [0.5, 0.6) is 0 Å². The van der Waals surface area contributed by atoms with E-state index in [0.29, 0.717) is 24.1 Å². The lowest BCUT2D eigenvalue weighted by molar-refractivity contribution is -0.144. The summed E-state index contributed by atoms with van der Waals surface area (Å²) >= 11 is 0. The van der Waals surface area contributed by atoms with E-state index < -0.39 is 12.0 Å². The van der Waals surface area contributed by atoms with Crippen LogP contribution in [0.25, 0.3) is 11.0 Å². The predicted molar refractivity (Wildman–Crippen MR) is 60.1 cm³/mol. The molecule has 1 unspecified atom stereocenters. The molecule has 0 amide bonds. The molecule has 0 saturated carbocycles. The molecule has 2 rings (SSSR count). The molecule has 17 heavy (non-hydrogen) atoms. The highest BCUT2D eigenvalue weighted by atomic mass is 16.6. The molecule has 0 aliphatic heterocycles. The van der Waals surface area contributed by atoms with Crippen LogP contribution in [0.4, 0.5) is 0 Å². The van der Waals surface area contributed by atoms with E-state index >= 15 is 0 Å². The minimum atomic E-state index is -0.697. The molecule has 2 N–H and O–H groups in total. The van der Waals surface area contributed by atoms with Gasteiger partial charge in [0, 0.05) is 6.42 Å². The van der Waals surface area contributed by atoms with Crippen LogP contribution in [-0.4, -0.2) is 28.9 Å². The Labute approximate surface area is 97.7 Å². The molecule has 0 radical (unpaired) electrons. The number of aromatic nitrogens is 2. The number of carbonyl (C=O) groups is 1. The van der Waals surface area contributed by atoms with Crippen LogP contribution in [0.15, 0.2) is 22.8 Å². The Kier molecular flexibility index (Phi) is 3.34. The first kappa shape index (κ1) is 11.5. The van der Waals surface area contributed by atoms with E-state index in [2.05, 4.69) is 14.9 Å². The highest BCUT2D eigenvalue weighted by Gasteiger charge is 2.17. The number of benzene rings is 1. The highest BCUT2D eigenvalue weighted by Crippen LogP contribution is 2.16. The maximum atomic E-state index is 11.4. The molecule has 0 bridgehead atoms. The van der Waals surface area contributed by atoms with Gasteiger partial charge in [-0.05, 0) is 28.9 Å². The molecule has 1 aromatic carbocycles. The second-order valence-electron chi connectivity index (χ2n) is 3.61. The van der Waals surface area contributed by atoms with E-state index in [1.54, 1.807) is 13.0 Å². The summed E-state index contributed by atoms with van der Waals surface area (Å²) < 4.78 is 9.48. The molecule has 0 aliphatic carbocycles. The topological polar surface area (TPSA) is 91.2 Å². The Morgan fingerprint density at radius 2 is 2.35 bits per heavy atom. The minimum absolute atomic E-state index is 0.322. The van der Waals surface area contributed by atoms with Crippen molar-refractivity contribution >= 4 is 17.0 Å². The average Bonchev–Trinajstić information content (AvgIpc) is 2.78. The van der Waals surface area contributed by atoms with Gasteiger partial charge < -0.3 is 10.5 Å². The second kappa shape index (κ2) is 4.92. The summed E-state index contributed by atoms with van der Waals surface area (Å²) in [6.07, 6.45) is 0.352. The number of nitrogens with two attached hydrogens (primary N) is 1. The largest absolute Gasteiger partial charge is 0.465 e. The number of carbonyl (C=O) groups excluding carboxylic acids is 1. The molecule has 2 aromatic rings. The van der Waals surface area contributed by atoms with Crippen LogP contribution in [0.3, 0.4) is 0 Å². The third-order valence-electron chi connectivity index (χ3n) is 2.40. The Bertz CT molecular complexity index is 523. The summed E-state index contributed by atoms with van der Waals surface area (Å²) in [5.74, 6) is -0.416. The molecule has 1 atom stereocenters. The number of esters is 1. The van der Waals surface area contributed by atoms with Crippen LogP contribution in [0.1, 0.15) is 12.5 Å². The number of hydrogen-bond donors (Lipinski definition) is 1. The van der Waals surface area contributed by atoms with Gasteiger partial charge in [-0.15, -0.1) is 0 Å². The summed E-state index contributed by atoms with van der Waals surface area (Å²) in [7, 11) is 0. The Morgan fingerprint density at radius 1 is 1.53 bits per heavy atom. The fraction of sp³-hybridized carbons (Fsp3) is 0.364. The molecular formula is C11H13N3O3. The van der Waals surface area contributed by atoms with Crippen molar-refractivity contribution < 1.29 is 14.2 Å². The fourth-order valence-corrected chi connectivity index (χ4v) is 1.60. The zero-order valence-electron chi connectivity index (χ0n) is 9.42. The molecule has 1 heterocycles.